The maximum atomic E-state index is 3.58. The van der Waals surface area contributed by atoms with Crippen molar-refractivity contribution in [3.8, 4) is 0 Å². The number of piperidine rings is 1. The quantitative estimate of drug-likeness (QED) is 0.840. The van der Waals surface area contributed by atoms with Crippen LogP contribution in [-0.4, -0.2) is 37.1 Å². The van der Waals surface area contributed by atoms with Crippen molar-refractivity contribution in [2.75, 3.05) is 26.2 Å². The Labute approximate surface area is 126 Å². The molecule has 1 aliphatic carbocycles. The Morgan fingerprint density at radius 2 is 1.80 bits per heavy atom. The molecule has 1 saturated heterocycles. The highest BCUT2D eigenvalue weighted by Crippen LogP contribution is 2.40. The second-order valence-electron chi connectivity index (χ2n) is 8.12. The van der Waals surface area contributed by atoms with Crippen molar-refractivity contribution < 1.29 is 0 Å². The minimum absolute atomic E-state index is 0.462. The molecule has 1 saturated carbocycles. The summed E-state index contributed by atoms with van der Waals surface area (Å²) in [6.45, 7) is 14.7. The number of nitrogens with zero attached hydrogens (tertiary/aromatic N) is 1. The first kappa shape index (κ1) is 16.3. The molecule has 2 rings (SSSR count). The van der Waals surface area contributed by atoms with Gasteiger partial charge in [0.1, 0.15) is 0 Å². The Balaban J connectivity index is 1.99. The van der Waals surface area contributed by atoms with Crippen molar-refractivity contribution in [3.63, 3.8) is 0 Å². The van der Waals surface area contributed by atoms with Gasteiger partial charge in [-0.25, -0.2) is 0 Å². The van der Waals surface area contributed by atoms with Crippen LogP contribution in [0.15, 0.2) is 0 Å². The molecule has 2 aliphatic rings. The Morgan fingerprint density at radius 3 is 2.40 bits per heavy atom. The van der Waals surface area contributed by atoms with Crippen LogP contribution in [-0.2, 0) is 0 Å². The van der Waals surface area contributed by atoms with Crippen molar-refractivity contribution >= 4 is 0 Å². The molecule has 0 aromatic rings. The zero-order valence-corrected chi connectivity index (χ0v) is 14.3. The van der Waals surface area contributed by atoms with Gasteiger partial charge in [0.15, 0.2) is 0 Å². The van der Waals surface area contributed by atoms with Gasteiger partial charge in [0.05, 0.1) is 0 Å². The van der Waals surface area contributed by atoms with Crippen LogP contribution in [0.3, 0.4) is 0 Å². The van der Waals surface area contributed by atoms with Crippen molar-refractivity contribution in [3.05, 3.63) is 0 Å². The lowest BCUT2D eigenvalue weighted by molar-refractivity contribution is 0.0329. The summed E-state index contributed by atoms with van der Waals surface area (Å²) in [6.07, 6.45) is 8.55. The first-order valence-corrected chi connectivity index (χ1v) is 8.97. The molecular weight excluding hydrogens is 244 g/mol. The third-order valence-corrected chi connectivity index (χ3v) is 5.61. The highest BCUT2D eigenvalue weighted by molar-refractivity contribution is 4.90. The molecule has 0 bridgehead atoms. The monoisotopic (exact) mass is 280 g/mol. The van der Waals surface area contributed by atoms with Crippen LogP contribution in [0, 0.1) is 17.3 Å². The van der Waals surface area contributed by atoms with Crippen molar-refractivity contribution in [2.45, 2.75) is 72.3 Å². The average Bonchev–Trinajstić information content (AvgIpc) is 2.45. The third-order valence-electron chi connectivity index (χ3n) is 5.61. The van der Waals surface area contributed by atoms with Gasteiger partial charge in [-0.2, -0.15) is 0 Å². The molecule has 1 aliphatic heterocycles. The lowest BCUT2D eigenvalue weighted by Gasteiger charge is -2.46. The number of rotatable bonds is 4. The molecule has 2 nitrogen and oxygen atoms in total. The second kappa shape index (κ2) is 7.26. The molecule has 2 fully saturated rings. The van der Waals surface area contributed by atoms with E-state index in [0.717, 1.165) is 17.9 Å². The van der Waals surface area contributed by atoms with E-state index in [1.165, 1.54) is 64.7 Å². The summed E-state index contributed by atoms with van der Waals surface area (Å²) in [5.74, 6) is 1.76. The Hall–Kier alpha value is -0.0800. The van der Waals surface area contributed by atoms with Gasteiger partial charge >= 0.3 is 0 Å². The minimum Gasteiger partial charge on any atom is -0.316 e. The molecule has 2 heteroatoms. The van der Waals surface area contributed by atoms with Crippen LogP contribution in [0.2, 0.25) is 0 Å². The van der Waals surface area contributed by atoms with Crippen molar-refractivity contribution in [1.29, 1.82) is 0 Å². The summed E-state index contributed by atoms with van der Waals surface area (Å²) in [7, 11) is 0. The zero-order chi connectivity index (χ0) is 14.6. The van der Waals surface area contributed by atoms with Crippen LogP contribution in [0.25, 0.3) is 0 Å². The normalized spacial score (nSPS) is 32.5. The lowest BCUT2D eigenvalue weighted by atomic mass is 9.69. The summed E-state index contributed by atoms with van der Waals surface area (Å²) in [5.41, 5.74) is 0.462. The summed E-state index contributed by atoms with van der Waals surface area (Å²) in [5, 5.41) is 3.58. The Kier molecular flexibility index (Phi) is 5.92. The highest BCUT2D eigenvalue weighted by Gasteiger charge is 2.37. The molecule has 1 N–H and O–H groups in total. The molecule has 0 aromatic carbocycles. The van der Waals surface area contributed by atoms with Crippen LogP contribution in [0.5, 0.6) is 0 Å². The molecule has 3 atom stereocenters. The largest absolute Gasteiger partial charge is 0.316 e. The Morgan fingerprint density at radius 1 is 1.05 bits per heavy atom. The fourth-order valence-corrected chi connectivity index (χ4v) is 4.47. The summed E-state index contributed by atoms with van der Waals surface area (Å²) in [6, 6.07) is 0.829. The van der Waals surface area contributed by atoms with Crippen LogP contribution in [0.4, 0.5) is 0 Å². The van der Waals surface area contributed by atoms with Gasteiger partial charge in [-0.05, 0) is 62.6 Å². The van der Waals surface area contributed by atoms with Crippen LogP contribution < -0.4 is 5.32 Å². The molecule has 0 aromatic heterocycles. The van der Waals surface area contributed by atoms with E-state index in [2.05, 4.69) is 37.9 Å². The fourth-order valence-electron chi connectivity index (χ4n) is 4.47. The SMILES string of the molecule is CCN(CC1CCCNC1)C1CCCCC1C(C)(C)C. The molecule has 3 unspecified atom stereocenters. The van der Waals surface area contributed by atoms with E-state index in [-0.39, 0.29) is 0 Å². The first-order valence-electron chi connectivity index (χ1n) is 8.97. The predicted octanol–water partition coefficient (Wildman–Crippen LogP) is 3.91. The molecule has 0 radical (unpaired) electrons. The molecule has 1 heterocycles. The van der Waals surface area contributed by atoms with E-state index in [0.29, 0.717) is 5.41 Å². The van der Waals surface area contributed by atoms with Crippen molar-refractivity contribution in [1.82, 2.24) is 10.2 Å². The van der Waals surface area contributed by atoms with Gasteiger partial charge in [0, 0.05) is 12.6 Å². The van der Waals surface area contributed by atoms with E-state index in [1.54, 1.807) is 0 Å². The molecule has 0 amide bonds. The van der Waals surface area contributed by atoms with Crippen LogP contribution in [0.1, 0.15) is 66.2 Å². The average molecular weight is 280 g/mol. The fraction of sp³-hybridized carbons (Fsp3) is 1.00. The first-order chi connectivity index (χ1) is 9.52. The van der Waals surface area contributed by atoms with Gasteiger partial charge < -0.3 is 10.2 Å². The molecule has 0 spiro atoms. The summed E-state index contributed by atoms with van der Waals surface area (Å²) in [4.78, 5) is 2.83. The third kappa shape index (κ3) is 4.21. The van der Waals surface area contributed by atoms with E-state index >= 15 is 0 Å². The molecular formula is C18H36N2. The summed E-state index contributed by atoms with van der Waals surface area (Å²) < 4.78 is 0. The number of hydrogen-bond donors (Lipinski definition) is 1. The van der Waals surface area contributed by atoms with Crippen LogP contribution >= 0.6 is 0 Å². The lowest BCUT2D eigenvalue weighted by Crippen LogP contribution is -2.49. The summed E-state index contributed by atoms with van der Waals surface area (Å²) >= 11 is 0. The maximum Gasteiger partial charge on any atom is 0.0128 e. The Bertz CT molecular complexity index is 276. The maximum absolute atomic E-state index is 3.58. The van der Waals surface area contributed by atoms with Gasteiger partial charge in [0.2, 0.25) is 0 Å². The van der Waals surface area contributed by atoms with E-state index < -0.39 is 0 Å². The smallest absolute Gasteiger partial charge is 0.0128 e. The van der Waals surface area contributed by atoms with Gasteiger partial charge in [-0.15, -0.1) is 0 Å². The second-order valence-corrected chi connectivity index (χ2v) is 8.12. The van der Waals surface area contributed by atoms with Crippen molar-refractivity contribution in [2.24, 2.45) is 17.3 Å². The van der Waals surface area contributed by atoms with Gasteiger partial charge in [0.25, 0.3) is 0 Å². The van der Waals surface area contributed by atoms with E-state index in [4.69, 9.17) is 0 Å². The van der Waals surface area contributed by atoms with Gasteiger partial charge in [-0.1, -0.05) is 40.5 Å². The number of hydrogen-bond acceptors (Lipinski definition) is 2. The standard InChI is InChI=1S/C18H36N2/c1-5-20(14-15-9-8-12-19-13-15)17-11-7-6-10-16(17)18(2,3)4/h15-17,19H,5-14H2,1-4H3. The number of nitrogens with one attached hydrogen (secondary N) is 1. The minimum atomic E-state index is 0.462. The van der Waals surface area contributed by atoms with Gasteiger partial charge in [-0.3, -0.25) is 0 Å². The molecule has 20 heavy (non-hydrogen) atoms. The predicted molar refractivity (Wildman–Crippen MR) is 88.0 cm³/mol. The highest BCUT2D eigenvalue weighted by atomic mass is 15.2. The van der Waals surface area contributed by atoms with E-state index in [9.17, 15) is 0 Å². The molecule has 118 valence electrons. The zero-order valence-electron chi connectivity index (χ0n) is 14.3. The topological polar surface area (TPSA) is 15.3 Å². The van der Waals surface area contributed by atoms with E-state index in [1.807, 2.05) is 0 Å².